The van der Waals surface area contributed by atoms with Crippen molar-refractivity contribution in [2.75, 3.05) is 5.32 Å². The lowest BCUT2D eigenvalue weighted by molar-refractivity contribution is -0.114. The summed E-state index contributed by atoms with van der Waals surface area (Å²) in [5.41, 5.74) is 0.702. The summed E-state index contributed by atoms with van der Waals surface area (Å²) in [4.78, 5) is 10.8. The first-order valence-electron chi connectivity index (χ1n) is 4.53. The van der Waals surface area contributed by atoms with Gasteiger partial charge in [-0.15, -0.1) is 0 Å². The molecule has 0 saturated carbocycles. The summed E-state index contributed by atoms with van der Waals surface area (Å²) in [5, 5.41) is 15.6. The van der Waals surface area contributed by atoms with Crippen molar-refractivity contribution in [3.8, 4) is 11.8 Å². The average molecular weight is 219 g/mol. The summed E-state index contributed by atoms with van der Waals surface area (Å²) < 4.78 is 5.25. The molecule has 0 fully saturated rings. The molecular formula is C9H9N5O2. The average Bonchev–Trinajstić information content (AvgIpc) is 2.73. The van der Waals surface area contributed by atoms with Gasteiger partial charge in [-0.3, -0.25) is 4.79 Å². The van der Waals surface area contributed by atoms with E-state index in [-0.39, 0.29) is 11.9 Å². The summed E-state index contributed by atoms with van der Waals surface area (Å²) in [7, 11) is 0. The number of H-pyrrole nitrogens is 1. The molecule has 1 heterocycles. The van der Waals surface area contributed by atoms with Gasteiger partial charge in [-0.2, -0.15) is 5.21 Å². The summed E-state index contributed by atoms with van der Waals surface area (Å²) >= 11 is 0. The second-order valence-corrected chi connectivity index (χ2v) is 3.00. The number of hydrogen-bond donors (Lipinski definition) is 2. The van der Waals surface area contributed by atoms with Crippen LogP contribution in [0.5, 0.6) is 11.8 Å². The Bertz CT molecular complexity index is 465. The standard InChI is InChI=1S/C9H9N5O2/c1-6(15)10-7-2-4-8(5-3-7)16-9-11-13-14-12-9/h2-5H,1H3,(H,10,15)(H,11,12,13,14). The first kappa shape index (κ1) is 10.1. The molecular weight excluding hydrogens is 210 g/mol. The van der Waals surface area contributed by atoms with Crippen molar-refractivity contribution in [3.63, 3.8) is 0 Å². The van der Waals surface area contributed by atoms with Crippen LogP contribution in [0.2, 0.25) is 0 Å². The fourth-order valence-corrected chi connectivity index (χ4v) is 1.11. The third-order valence-electron chi connectivity index (χ3n) is 1.71. The van der Waals surface area contributed by atoms with E-state index in [1.165, 1.54) is 6.92 Å². The van der Waals surface area contributed by atoms with Crippen LogP contribution in [-0.2, 0) is 4.79 Å². The molecule has 2 aromatic rings. The number of rotatable bonds is 3. The van der Waals surface area contributed by atoms with E-state index in [9.17, 15) is 4.79 Å². The van der Waals surface area contributed by atoms with E-state index in [1.807, 2.05) is 0 Å². The van der Waals surface area contributed by atoms with Crippen molar-refractivity contribution in [2.45, 2.75) is 6.92 Å². The summed E-state index contributed by atoms with van der Waals surface area (Å²) in [5.74, 6) is 0.447. The maximum Gasteiger partial charge on any atom is 0.361 e. The maximum atomic E-state index is 10.8. The molecule has 1 amide bonds. The fraction of sp³-hybridized carbons (Fsp3) is 0.111. The smallest absolute Gasteiger partial charge is 0.361 e. The van der Waals surface area contributed by atoms with E-state index in [2.05, 4.69) is 25.9 Å². The number of tetrazole rings is 1. The predicted octanol–water partition coefficient (Wildman–Crippen LogP) is 0.950. The molecule has 82 valence electrons. The van der Waals surface area contributed by atoms with E-state index < -0.39 is 0 Å². The molecule has 0 unspecified atom stereocenters. The number of amides is 1. The Kier molecular flexibility index (Phi) is 2.77. The molecule has 0 radical (unpaired) electrons. The highest BCUT2D eigenvalue weighted by Gasteiger charge is 2.01. The first-order chi connectivity index (χ1) is 7.74. The maximum absolute atomic E-state index is 10.8. The Hall–Kier alpha value is -2.44. The number of nitrogens with zero attached hydrogens (tertiary/aromatic N) is 3. The fourth-order valence-electron chi connectivity index (χ4n) is 1.11. The summed E-state index contributed by atoms with van der Waals surface area (Å²) in [6.45, 7) is 1.45. The van der Waals surface area contributed by atoms with Crippen molar-refractivity contribution >= 4 is 11.6 Å². The number of aromatic amines is 1. The number of aromatic nitrogens is 4. The van der Waals surface area contributed by atoms with Gasteiger partial charge in [0.05, 0.1) is 0 Å². The molecule has 0 aliphatic rings. The van der Waals surface area contributed by atoms with Crippen LogP contribution in [0.1, 0.15) is 6.92 Å². The van der Waals surface area contributed by atoms with Gasteiger partial charge in [0.2, 0.25) is 5.91 Å². The van der Waals surface area contributed by atoms with Gasteiger partial charge in [0, 0.05) is 12.6 Å². The highest BCUT2D eigenvalue weighted by molar-refractivity contribution is 5.88. The number of benzene rings is 1. The number of carbonyl (C=O) groups excluding carboxylic acids is 1. The van der Waals surface area contributed by atoms with E-state index in [0.29, 0.717) is 11.4 Å². The molecule has 2 N–H and O–H groups in total. The van der Waals surface area contributed by atoms with Crippen LogP contribution in [-0.4, -0.2) is 26.5 Å². The highest BCUT2D eigenvalue weighted by Crippen LogP contribution is 2.19. The van der Waals surface area contributed by atoms with Crippen LogP contribution in [0, 0.1) is 0 Å². The number of hydrogen-bond acceptors (Lipinski definition) is 5. The normalized spacial score (nSPS) is 9.81. The molecule has 0 spiro atoms. The Morgan fingerprint density at radius 3 is 2.69 bits per heavy atom. The van der Waals surface area contributed by atoms with Crippen LogP contribution in [0.25, 0.3) is 0 Å². The van der Waals surface area contributed by atoms with Crippen LogP contribution in [0.15, 0.2) is 24.3 Å². The Morgan fingerprint density at radius 2 is 2.12 bits per heavy atom. The monoisotopic (exact) mass is 219 g/mol. The molecule has 0 aliphatic carbocycles. The molecule has 1 aromatic heterocycles. The zero-order valence-corrected chi connectivity index (χ0v) is 8.47. The number of anilines is 1. The highest BCUT2D eigenvalue weighted by atomic mass is 16.5. The second-order valence-electron chi connectivity index (χ2n) is 3.00. The third-order valence-corrected chi connectivity index (χ3v) is 1.71. The van der Waals surface area contributed by atoms with Gasteiger partial charge in [0.25, 0.3) is 0 Å². The zero-order valence-electron chi connectivity index (χ0n) is 8.47. The summed E-state index contributed by atoms with van der Waals surface area (Å²) in [6.07, 6.45) is 0. The van der Waals surface area contributed by atoms with Gasteiger partial charge in [-0.25, -0.2) is 0 Å². The number of ether oxygens (including phenoxy) is 1. The lowest BCUT2D eigenvalue weighted by Gasteiger charge is -2.03. The van der Waals surface area contributed by atoms with Crippen molar-refractivity contribution in [3.05, 3.63) is 24.3 Å². The lowest BCUT2D eigenvalue weighted by Crippen LogP contribution is -2.05. The van der Waals surface area contributed by atoms with Crippen LogP contribution in [0.4, 0.5) is 5.69 Å². The van der Waals surface area contributed by atoms with E-state index >= 15 is 0 Å². The van der Waals surface area contributed by atoms with Crippen molar-refractivity contribution in [2.24, 2.45) is 0 Å². The van der Waals surface area contributed by atoms with E-state index in [4.69, 9.17) is 4.74 Å². The van der Waals surface area contributed by atoms with Gasteiger partial charge >= 0.3 is 6.01 Å². The third kappa shape index (κ3) is 2.53. The zero-order chi connectivity index (χ0) is 11.4. The van der Waals surface area contributed by atoms with Gasteiger partial charge in [-0.1, -0.05) is 10.2 Å². The van der Waals surface area contributed by atoms with Crippen molar-refractivity contribution in [1.29, 1.82) is 0 Å². The number of carbonyl (C=O) groups is 1. The summed E-state index contributed by atoms with van der Waals surface area (Å²) in [6, 6.07) is 6.98. The van der Waals surface area contributed by atoms with Crippen LogP contribution in [0.3, 0.4) is 0 Å². The van der Waals surface area contributed by atoms with Gasteiger partial charge < -0.3 is 10.1 Å². The number of nitrogens with one attached hydrogen (secondary N) is 2. The molecule has 0 aliphatic heterocycles. The minimum absolute atomic E-state index is 0.119. The Labute approximate surface area is 90.8 Å². The molecule has 7 heteroatoms. The van der Waals surface area contributed by atoms with Crippen LogP contribution >= 0.6 is 0 Å². The molecule has 0 bridgehead atoms. The first-order valence-corrected chi connectivity index (χ1v) is 4.53. The van der Waals surface area contributed by atoms with Crippen molar-refractivity contribution in [1.82, 2.24) is 20.6 Å². The van der Waals surface area contributed by atoms with E-state index in [0.717, 1.165) is 0 Å². The van der Waals surface area contributed by atoms with Gasteiger partial charge in [0.1, 0.15) is 5.75 Å². The Morgan fingerprint density at radius 1 is 1.38 bits per heavy atom. The molecule has 16 heavy (non-hydrogen) atoms. The topological polar surface area (TPSA) is 92.8 Å². The minimum Gasteiger partial charge on any atom is -0.422 e. The molecule has 0 atom stereocenters. The second kappa shape index (κ2) is 4.39. The van der Waals surface area contributed by atoms with Crippen LogP contribution < -0.4 is 10.1 Å². The SMILES string of the molecule is CC(=O)Nc1ccc(Oc2nn[nH]n2)cc1. The molecule has 0 saturated heterocycles. The predicted molar refractivity (Wildman–Crippen MR) is 55.0 cm³/mol. The van der Waals surface area contributed by atoms with E-state index in [1.54, 1.807) is 24.3 Å². The quantitative estimate of drug-likeness (QED) is 0.801. The Balaban J connectivity index is 2.05. The molecule has 7 nitrogen and oxygen atoms in total. The van der Waals surface area contributed by atoms with Crippen molar-refractivity contribution < 1.29 is 9.53 Å². The van der Waals surface area contributed by atoms with Gasteiger partial charge in [0.15, 0.2) is 0 Å². The largest absolute Gasteiger partial charge is 0.422 e. The molecule has 2 rings (SSSR count). The molecule has 1 aromatic carbocycles. The lowest BCUT2D eigenvalue weighted by atomic mass is 10.3. The van der Waals surface area contributed by atoms with Gasteiger partial charge in [-0.05, 0) is 29.5 Å². The minimum atomic E-state index is -0.119.